The number of allylic oxidation sites excluding steroid dienone is 1. The second-order valence-corrected chi connectivity index (χ2v) is 5.36. The molecule has 0 saturated heterocycles. The van der Waals surface area contributed by atoms with Gasteiger partial charge in [-0.1, -0.05) is 61.5 Å². The van der Waals surface area contributed by atoms with E-state index in [-0.39, 0.29) is 0 Å². The quantitative estimate of drug-likeness (QED) is 0.385. The molecule has 0 heterocycles. The van der Waals surface area contributed by atoms with Crippen molar-refractivity contribution in [3.05, 3.63) is 66.2 Å². The van der Waals surface area contributed by atoms with Gasteiger partial charge in [-0.15, -0.1) is 0 Å². The van der Waals surface area contributed by atoms with Gasteiger partial charge in [-0.25, -0.2) is 0 Å². The summed E-state index contributed by atoms with van der Waals surface area (Å²) in [6, 6.07) is 20.1. The molecule has 0 aromatic heterocycles. The number of benzene rings is 4. The molecule has 0 fully saturated rings. The van der Waals surface area contributed by atoms with Crippen LogP contribution in [0.2, 0.25) is 0 Å². The molecule has 0 radical (unpaired) electrons. The molecule has 0 saturated carbocycles. The van der Waals surface area contributed by atoms with Gasteiger partial charge in [-0.05, 0) is 56.4 Å². The monoisotopic (exact) mass is 256 g/mol. The van der Waals surface area contributed by atoms with Crippen molar-refractivity contribution in [1.29, 1.82) is 0 Å². The highest BCUT2D eigenvalue weighted by molar-refractivity contribution is 6.23. The molecule has 20 heavy (non-hydrogen) atoms. The van der Waals surface area contributed by atoms with E-state index in [1.54, 1.807) is 0 Å². The fraction of sp³-hybridized carbons (Fsp3) is 0.100. The van der Waals surface area contributed by atoms with E-state index < -0.39 is 0 Å². The van der Waals surface area contributed by atoms with Gasteiger partial charge >= 0.3 is 0 Å². The normalized spacial score (nSPS) is 12.2. The van der Waals surface area contributed by atoms with E-state index in [0.717, 1.165) is 6.42 Å². The van der Waals surface area contributed by atoms with Gasteiger partial charge in [0.15, 0.2) is 0 Å². The number of hydrogen-bond donors (Lipinski definition) is 0. The standard InChI is InChI=1S/C20H16/c1-2-3-5-14-12-17-10-8-15-6-4-7-16-9-11-18(13-14)20(17)19(15)16/h3-13H,2H2,1H3/b5-3+. The van der Waals surface area contributed by atoms with Crippen LogP contribution in [0.25, 0.3) is 38.4 Å². The summed E-state index contributed by atoms with van der Waals surface area (Å²) in [4.78, 5) is 0. The summed E-state index contributed by atoms with van der Waals surface area (Å²) < 4.78 is 0. The SMILES string of the molecule is CC/C=C/c1cc2ccc3cccc4ccc(c1)c2c34. The Bertz CT molecular complexity index is 865. The van der Waals surface area contributed by atoms with Gasteiger partial charge in [0.1, 0.15) is 0 Å². The van der Waals surface area contributed by atoms with Crippen molar-refractivity contribution in [3.8, 4) is 0 Å². The molecule has 0 nitrogen and oxygen atoms in total. The van der Waals surface area contributed by atoms with Crippen LogP contribution in [-0.2, 0) is 0 Å². The average molecular weight is 256 g/mol. The van der Waals surface area contributed by atoms with Crippen molar-refractivity contribution in [2.24, 2.45) is 0 Å². The first-order valence-corrected chi connectivity index (χ1v) is 7.21. The van der Waals surface area contributed by atoms with Crippen molar-refractivity contribution in [2.75, 3.05) is 0 Å². The van der Waals surface area contributed by atoms with E-state index >= 15 is 0 Å². The maximum absolute atomic E-state index is 2.29. The Kier molecular flexibility index (Phi) is 2.50. The Balaban J connectivity index is 2.16. The summed E-state index contributed by atoms with van der Waals surface area (Å²) in [6.45, 7) is 2.17. The number of hydrogen-bond acceptors (Lipinski definition) is 0. The number of rotatable bonds is 2. The van der Waals surface area contributed by atoms with Crippen LogP contribution in [0.5, 0.6) is 0 Å². The highest BCUT2D eigenvalue weighted by Gasteiger charge is 2.07. The van der Waals surface area contributed by atoms with Crippen molar-refractivity contribution >= 4 is 38.4 Å². The zero-order valence-electron chi connectivity index (χ0n) is 11.6. The van der Waals surface area contributed by atoms with Gasteiger partial charge in [-0.2, -0.15) is 0 Å². The molecule has 0 heteroatoms. The van der Waals surface area contributed by atoms with E-state index in [1.807, 2.05) is 0 Å². The van der Waals surface area contributed by atoms with Gasteiger partial charge in [0, 0.05) is 0 Å². The van der Waals surface area contributed by atoms with Crippen molar-refractivity contribution in [3.63, 3.8) is 0 Å². The van der Waals surface area contributed by atoms with Crippen LogP contribution in [0.1, 0.15) is 18.9 Å². The lowest BCUT2D eigenvalue weighted by Crippen LogP contribution is -1.84. The van der Waals surface area contributed by atoms with Gasteiger partial charge in [0.25, 0.3) is 0 Å². The minimum Gasteiger partial charge on any atom is -0.0842 e. The van der Waals surface area contributed by atoms with E-state index in [4.69, 9.17) is 0 Å². The Labute approximate surface area is 118 Å². The van der Waals surface area contributed by atoms with E-state index in [9.17, 15) is 0 Å². The van der Waals surface area contributed by atoms with Gasteiger partial charge < -0.3 is 0 Å². The first kappa shape index (κ1) is 11.5. The predicted octanol–water partition coefficient (Wildman–Crippen LogP) is 6.01. The lowest BCUT2D eigenvalue weighted by molar-refractivity contribution is 1.23. The van der Waals surface area contributed by atoms with Crippen LogP contribution < -0.4 is 0 Å². The molecule has 0 bridgehead atoms. The lowest BCUT2D eigenvalue weighted by atomic mass is 9.93. The molecule has 0 N–H and O–H groups in total. The second kappa shape index (κ2) is 4.35. The molecule has 0 spiro atoms. The lowest BCUT2D eigenvalue weighted by Gasteiger charge is -2.11. The maximum atomic E-state index is 2.29. The predicted molar refractivity (Wildman–Crippen MR) is 89.5 cm³/mol. The Morgan fingerprint density at radius 1 is 0.750 bits per heavy atom. The third kappa shape index (κ3) is 1.61. The average Bonchev–Trinajstić information content (AvgIpc) is 2.50. The molecule has 0 aliphatic heterocycles. The summed E-state index contributed by atoms with van der Waals surface area (Å²) in [5.41, 5.74) is 1.29. The smallest absolute Gasteiger partial charge is 0.00264 e. The molecule has 4 rings (SSSR count). The van der Waals surface area contributed by atoms with Gasteiger partial charge in [-0.3, -0.25) is 0 Å². The Hall–Kier alpha value is -2.34. The summed E-state index contributed by atoms with van der Waals surface area (Å²) in [7, 11) is 0. The minimum atomic E-state index is 1.07. The van der Waals surface area contributed by atoms with Crippen LogP contribution in [0, 0.1) is 0 Å². The molecule has 0 amide bonds. The largest absolute Gasteiger partial charge is 0.0842 e. The van der Waals surface area contributed by atoms with Crippen molar-refractivity contribution in [2.45, 2.75) is 13.3 Å². The highest BCUT2D eigenvalue weighted by Crippen LogP contribution is 2.35. The highest BCUT2D eigenvalue weighted by atomic mass is 14.1. The third-order valence-corrected chi connectivity index (χ3v) is 4.03. The van der Waals surface area contributed by atoms with E-state index in [2.05, 4.69) is 73.7 Å². The Morgan fingerprint density at radius 3 is 1.90 bits per heavy atom. The van der Waals surface area contributed by atoms with E-state index in [1.165, 1.54) is 37.9 Å². The van der Waals surface area contributed by atoms with Crippen LogP contribution in [0.15, 0.2) is 60.7 Å². The second-order valence-electron chi connectivity index (χ2n) is 5.36. The summed E-state index contributed by atoms with van der Waals surface area (Å²) in [6.07, 6.45) is 5.51. The molecule has 4 aromatic rings. The first-order valence-electron chi connectivity index (χ1n) is 7.21. The molecule has 0 atom stereocenters. The third-order valence-electron chi connectivity index (χ3n) is 4.03. The van der Waals surface area contributed by atoms with Gasteiger partial charge in [0.2, 0.25) is 0 Å². The summed E-state index contributed by atoms with van der Waals surface area (Å²) in [5, 5.41) is 8.13. The van der Waals surface area contributed by atoms with E-state index in [0.29, 0.717) is 0 Å². The fourth-order valence-corrected chi connectivity index (χ4v) is 3.13. The zero-order chi connectivity index (χ0) is 13.5. The molecule has 0 aliphatic carbocycles. The molecule has 0 unspecified atom stereocenters. The molecule has 0 aliphatic rings. The van der Waals surface area contributed by atoms with Crippen LogP contribution in [0.4, 0.5) is 0 Å². The first-order chi connectivity index (χ1) is 9.86. The molecule has 96 valence electrons. The van der Waals surface area contributed by atoms with Crippen LogP contribution >= 0.6 is 0 Å². The van der Waals surface area contributed by atoms with Crippen molar-refractivity contribution in [1.82, 2.24) is 0 Å². The topological polar surface area (TPSA) is 0 Å². The Morgan fingerprint density at radius 2 is 1.30 bits per heavy atom. The molecular weight excluding hydrogens is 240 g/mol. The maximum Gasteiger partial charge on any atom is -0.00264 e. The van der Waals surface area contributed by atoms with Gasteiger partial charge in [0.05, 0.1) is 0 Å². The summed E-state index contributed by atoms with van der Waals surface area (Å²) in [5.74, 6) is 0. The minimum absolute atomic E-state index is 1.07. The zero-order valence-corrected chi connectivity index (χ0v) is 11.6. The molecular formula is C20H16. The van der Waals surface area contributed by atoms with Crippen LogP contribution in [-0.4, -0.2) is 0 Å². The molecule has 4 aromatic carbocycles. The van der Waals surface area contributed by atoms with Crippen LogP contribution in [0.3, 0.4) is 0 Å². The summed E-state index contributed by atoms with van der Waals surface area (Å²) >= 11 is 0. The van der Waals surface area contributed by atoms with Crippen molar-refractivity contribution < 1.29 is 0 Å². The fourth-order valence-electron chi connectivity index (χ4n) is 3.13.